The van der Waals surface area contributed by atoms with Crippen molar-refractivity contribution in [1.29, 1.82) is 0 Å². The molecule has 6 heteroatoms. The Bertz CT molecular complexity index is 791. The van der Waals surface area contributed by atoms with Crippen LogP contribution in [0, 0.1) is 13.8 Å². The molecule has 5 nitrogen and oxygen atoms in total. The predicted octanol–water partition coefficient (Wildman–Crippen LogP) is 1.19. The third-order valence-electron chi connectivity index (χ3n) is 2.90. The van der Waals surface area contributed by atoms with E-state index >= 15 is 0 Å². The lowest BCUT2D eigenvalue weighted by atomic mass is 10.1. The summed E-state index contributed by atoms with van der Waals surface area (Å²) in [5, 5.41) is 0.905. The molecule has 0 aliphatic heterocycles. The highest BCUT2D eigenvalue weighted by molar-refractivity contribution is 7.88. The minimum Gasteiger partial charge on any atom is -0.321 e. The van der Waals surface area contributed by atoms with Gasteiger partial charge in [0.1, 0.15) is 0 Å². The number of H-pyrrole nitrogens is 1. The molecule has 1 aromatic carbocycles. The van der Waals surface area contributed by atoms with Gasteiger partial charge in [-0.1, -0.05) is 11.6 Å². The van der Waals surface area contributed by atoms with E-state index in [1.807, 2.05) is 26.0 Å². The summed E-state index contributed by atoms with van der Waals surface area (Å²) >= 11 is 0. The molecule has 0 bridgehead atoms. The number of aromatic nitrogens is 1. The smallest absolute Gasteiger partial charge is 0.252 e. The molecule has 102 valence electrons. The molecule has 0 atom stereocenters. The van der Waals surface area contributed by atoms with Crippen molar-refractivity contribution in [3.63, 3.8) is 0 Å². The van der Waals surface area contributed by atoms with Crippen LogP contribution in [-0.4, -0.2) is 19.7 Å². The zero-order valence-electron chi connectivity index (χ0n) is 11.1. The van der Waals surface area contributed by atoms with E-state index in [0.717, 1.165) is 28.3 Å². The number of fused-ring (bicyclic) bond motifs is 1. The van der Waals surface area contributed by atoms with E-state index in [1.165, 1.54) is 0 Å². The summed E-state index contributed by atoms with van der Waals surface area (Å²) in [7, 11) is -3.31. The van der Waals surface area contributed by atoms with Crippen molar-refractivity contribution in [1.82, 2.24) is 9.71 Å². The fraction of sp³-hybridized carbons (Fsp3) is 0.308. The normalized spacial score (nSPS) is 11.9. The Balaban J connectivity index is 2.52. The monoisotopic (exact) mass is 280 g/mol. The molecule has 0 aliphatic carbocycles. The Labute approximate surface area is 111 Å². The number of sulfonamides is 1. The number of nitrogens with one attached hydrogen (secondary N) is 2. The van der Waals surface area contributed by atoms with E-state index in [9.17, 15) is 13.2 Å². The average Bonchev–Trinajstić information content (AvgIpc) is 2.26. The Kier molecular flexibility index (Phi) is 3.47. The molecule has 2 aromatic rings. The second-order valence-electron chi connectivity index (χ2n) is 4.76. The summed E-state index contributed by atoms with van der Waals surface area (Å²) < 4.78 is 24.5. The van der Waals surface area contributed by atoms with Crippen LogP contribution in [0.5, 0.6) is 0 Å². The van der Waals surface area contributed by atoms with Crippen molar-refractivity contribution in [3.05, 3.63) is 45.2 Å². The van der Waals surface area contributed by atoms with Gasteiger partial charge in [0.15, 0.2) is 0 Å². The van der Waals surface area contributed by atoms with Gasteiger partial charge in [0.25, 0.3) is 5.56 Å². The molecule has 19 heavy (non-hydrogen) atoms. The fourth-order valence-electron chi connectivity index (χ4n) is 2.07. The first-order valence-electron chi connectivity index (χ1n) is 5.84. The summed E-state index contributed by atoms with van der Waals surface area (Å²) in [6.07, 6.45) is 1.07. The van der Waals surface area contributed by atoms with Gasteiger partial charge >= 0.3 is 0 Å². The number of hydrogen-bond acceptors (Lipinski definition) is 3. The van der Waals surface area contributed by atoms with Crippen LogP contribution in [0.25, 0.3) is 10.9 Å². The number of aryl methyl sites for hydroxylation is 2. The van der Waals surface area contributed by atoms with Gasteiger partial charge < -0.3 is 4.98 Å². The van der Waals surface area contributed by atoms with Crippen LogP contribution in [0.1, 0.15) is 16.7 Å². The molecule has 0 fully saturated rings. The van der Waals surface area contributed by atoms with Crippen LogP contribution >= 0.6 is 0 Å². The topological polar surface area (TPSA) is 79.0 Å². The molecule has 0 unspecified atom stereocenters. The third kappa shape index (κ3) is 3.21. The standard InChI is InChI=1S/C13H16N2O3S/c1-8-4-9(2)12-10(5-8)6-11(13(16)15-12)7-14-19(3,17)18/h4-6,14H,7H2,1-3H3,(H,15,16). The molecule has 2 N–H and O–H groups in total. The summed E-state index contributed by atoms with van der Waals surface area (Å²) in [6.45, 7) is 3.91. The highest BCUT2D eigenvalue weighted by Gasteiger charge is 2.08. The summed E-state index contributed by atoms with van der Waals surface area (Å²) in [6, 6.07) is 5.68. The maximum atomic E-state index is 11.9. The van der Waals surface area contributed by atoms with Crippen LogP contribution in [0.2, 0.25) is 0 Å². The van der Waals surface area contributed by atoms with Crippen molar-refractivity contribution in [2.75, 3.05) is 6.26 Å². The Morgan fingerprint density at radius 2 is 1.89 bits per heavy atom. The summed E-state index contributed by atoms with van der Waals surface area (Å²) in [5.74, 6) is 0. The number of rotatable bonds is 3. The lowest BCUT2D eigenvalue weighted by Crippen LogP contribution is -2.25. The van der Waals surface area contributed by atoms with Gasteiger partial charge in [0.05, 0.1) is 11.8 Å². The molecule has 0 radical (unpaired) electrons. The minimum atomic E-state index is -3.31. The molecule has 0 saturated heterocycles. The molecule has 1 aromatic heterocycles. The number of pyridine rings is 1. The van der Waals surface area contributed by atoms with E-state index in [-0.39, 0.29) is 12.1 Å². The van der Waals surface area contributed by atoms with Gasteiger partial charge in [0, 0.05) is 12.1 Å². The highest BCUT2D eigenvalue weighted by Crippen LogP contribution is 2.17. The minimum absolute atomic E-state index is 0.00288. The van der Waals surface area contributed by atoms with E-state index in [0.29, 0.717) is 5.56 Å². The van der Waals surface area contributed by atoms with Crippen molar-refractivity contribution >= 4 is 20.9 Å². The third-order valence-corrected chi connectivity index (χ3v) is 3.56. The molecular weight excluding hydrogens is 264 g/mol. The van der Waals surface area contributed by atoms with Crippen molar-refractivity contribution < 1.29 is 8.42 Å². The van der Waals surface area contributed by atoms with Crippen molar-refractivity contribution in [2.24, 2.45) is 0 Å². The first-order chi connectivity index (χ1) is 8.76. The van der Waals surface area contributed by atoms with Crippen LogP contribution in [0.3, 0.4) is 0 Å². The second kappa shape index (κ2) is 4.79. The van der Waals surface area contributed by atoms with Gasteiger partial charge in [-0.3, -0.25) is 4.79 Å². The predicted molar refractivity (Wildman–Crippen MR) is 75.7 cm³/mol. The molecule has 0 spiro atoms. The van der Waals surface area contributed by atoms with Crippen LogP contribution in [0.4, 0.5) is 0 Å². The van der Waals surface area contributed by atoms with Crippen LogP contribution in [0.15, 0.2) is 23.0 Å². The van der Waals surface area contributed by atoms with Gasteiger partial charge in [-0.15, -0.1) is 0 Å². The van der Waals surface area contributed by atoms with Gasteiger partial charge in [0.2, 0.25) is 10.0 Å². The van der Waals surface area contributed by atoms with Crippen molar-refractivity contribution in [3.8, 4) is 0 Å². The maximum Gasteiger partial charge on any atom is 0.252 e. The number of benzene rings is 1. The average molecular weight is 280 g/mol. The Morgan fingerprint density at radius 3 is 2.53 bits per heavy atom. The fourth-order valence-corrected chi connectivity index (χ4v) is 2.49. The summed E-state index contributed by atoms with van der Waals surface area (Å²) in [5.41, 5.74) is 3.02. The summed E-state index contributed by atoms with van der Waals surface area (Å²) in [4.78, 5) is 14.7. The maximum absolute atomic E-state index is 11.9. The molecule has 0 saturated carbocycles. The van der Waals surface area contributed by atoms with E-state index < -0.39 is 10.0 Å². The zero-order valence-corrected chi connectivity index (χ0v) is 11.9. The first kappa shape index (κ1) is 13.8. The van der Waals surface area contributed by atoms with E-state index in [4.69, 9.17) is 0 Å². The Morgan fingerprint density at radius 1 is 1.21 bits per heavy atom. The molecular formula is C13H16N2O3S. The largest absolute Gasteiger partial charge is 0.321 e. The van der Waals surface area contributed by atoms with Crippen LogP contribution < -0.4 is 10.3 Å². The van der Waals surface area contributed by atoms with Gasteiger partial charge in [-0.05, 0) is 36.9 Å². The lowest BCUT2D eigenvalue weighted by molar-refractivity contribution is 0.587. The molecule has 0 aliphatic rings. The molecule has 0 amide bonds. The zero-order chi connectivity index (χ0) is 14.2. The number of hydrogen-bond donors (Lipinski definition) is 2. The first-order valence-corrected chi connectivity index (χ1v) is 7.73. The number of aromatic amines is 1. The molecule has 2 rings (SSSR count). The molecule has 1 heterocycles. The van der Waals surface area contributed by atoms with Gasteiger partial charge in [-0.2, -0.15) is 0 Å². The van der Waals surface area contributed by atoms with Crippen molar-refractivity contribution in [2.45, 2.75) is 20.4 Å². The second-order valence-corrected chi connectivity index (χ2v) is 6.60. The van der Waals surface area contributed by atoms with E-state index in [1.54, 1.807) is 6.07 Å². The van der Waals surface area contributed by atoms with Gasteiger partial charge in [-0.25, -0.2) is 13.1 Å². The van der Waals surface area contributed by atoms with E-state index in [2.05, 4.69) is 9.71 Å². The highest BCUT2D eigenvalue weighted by atomic mass is 32.2. The SMILES string of the molecule is Cc1cc(C)c2[nH]c(=O)c(CNS(C)(=O)=O)cc2c1. The quantitative estimate of drug-likeness (QED) is 0.886. The Hall–Kier alpha value is -1.66. The lowest BCUT2D eigenvalue weighted by Gasteiger charge is -2.07. The van der Waals surface area contributed by atoms with Crippen LogP contribution in [-0.2, 0) is 16.6 Å².